The Morgan fingerprint density at radius 2 is 2.16 bits per heavy atom. The summed E-state index contributed by atoms with van der Waals surface area (Å²) in [7, 11) is 0. The van der Waals surface area contributed by atoms with Crippen LogP contribution in [0.1, 0.15) is 42.5 Å². The van der Waals surface area contributed by atoms with Crippen LogP contribution in [0.3, 0.4) is 0 Å². The van der Waals surface area contributed by atoms with Crippen molar-refractivity contribution >= 4 is 21.7 Å². The van der Waals surface area contributed by atoms with Gasteiger partial charge in [0.25, 0.3) is 0 Å². The molecule has 1 saturated carbocycles. The van der Waals surface area contributed by atoms with Crippen LogP contribution in [0.2, 0.25) is 0 Å². The predicted molar refractivity (Wildman–Crippen MR) is 70.0 cm³/mol. The molecular formula is C14H14BrF3O. The van der Waals surface area contributed by atoms with Crippen molar-refractivity contribution in [3.8, 4) is 0 Å². The van der Waals surface area contributed by atoms with Crippen LogP contribution in [0.15, 0.2) is 22.7 Å². The van der Waals surface area contributed by atoms with Crippen molar-refractivity contribution in [2.24, 2.45) is 5.92 Å². The number of halogens is 4. The average Bonchev–Trinajstić information content (AvgIpc) is 2.27. The number of hydrogen-bond acceptors (Lipinski definition) is 1. The van der Waals surface area contributed by atoms with Crippen molar-refractivity contribution in [1.29, 1.82) is 0 Å². The van der Waals surface area contributed by atoms with E-state index in [1.807, 2.05) is 0 Å². The summed E-state index contributed by atoms with van der Waals surface area (Å²) in [4.78, 5) is 12.1. The molecule has 19 heavy (non-hydrogen) atoms. The maximum Gasteiger partial charge on any atom is 0.248 e. The second kappa shape index (κ2) is 5.65. The van der Waals surface area contributed by atoms with Crippen LogP contribution in [-0.4, -0.2) is 11.7 Å². The molecule has 1 aliphatic carbocycles. The van der Waals surface area contributed by atoms with Gasteiger partial charge >= 0.3 is 0 Å². The minimum absolute atomic E-state index is 0.0187. The molecule has 0 spiro atoms. The summed E-state index contributed by atoms with van der Waals surface area (Å²) in [5.41, 5.74) is -0.0311. The fourth-order valence-electron chi connectivity index (χ4n) is 2.58. The largest absolute Gasteiger partial charge is 0.294 e. The lowest BCUT2D eigenvalue weighted by Crippen LogP contribution is -2.27. The van der Waals surface area contributed by atoms with Crippen LogP contribution in [-0.2, 0) is 0 Å². The van der Waals surface area contributed by atoms with Crippen LogP contribution in [0.4, 0.5) is 13.2 Å². The number of alkyl halides is 2. The van der Waals surface area contributed by atoms with E-state index in [0.29, 0.717) is 17.3 Å². The lowest BCUT2D eigenvalue weighted by Gasteiger charge is -2.28. The van der Waals surface area contributed by atoms with E-state index in [1.165, 1.54) is 12.1 Å². The van der Waals surface area contributed by atoms with Gasteiger partial charge in [0, 0.05) is 23.7 Å². The fraction of sp³-hybridized carbons (Fsp3) is 0.500. The van der Waals surface area contributed by atoms with Gasteiger partial charge in [-0.15, -0.1) is 0 Å². The Morgan fingerprint density at radius 1 is 1.42 bits per heavy atom. The first kappa shape index (κ1) is 14.6. The molecule has 104 valence electrons. The van der Waals surface area contributed by atoms with E-state index in [9.17, 15) is 18.0 Å². The summed E-state index contributed by atoms with van der Waals surface area (Å²) in [5, 5.41) is 0. The Kier molecular flexibility index (Phi) is 4.33. The molecule has 1 nitrogen and oxygen atoms in total. The van der Waals surface area contributed by atoms with Crippen molar-refractivity contribution in [2.45, 2.75) is 38.0 Å². The monoisotopic (exact) mass is 334 g/mol. The Balaban J connectivity index is 2.09. The molecule has 0 N–H and O–H groups in total. The topological polar surface area (TPSA) is 17.1 Å². The van der Waals surface area contributed by atoms with Crippen molar-refractivity contribution in [1.82, 2.24) is 0 Å². The number of rotatable bonds is 3. The maximum absolute atomic E-state index is 13.6. The molecule has 0 radical (unpaired) electrons. The summed E-state index contributed by atoms with van der Waals surface area (Å²) in [6, 6.07) is 4.27. The molecule has 0 heterocycles. The zero-order valence-corrected chi connectivity index (χ0v) is 11.9. The highest BCUT2D eigenvalue weighted by atomic mass is 79.9. The van der Waals surface area contributed by atoms with E-state index in [0.717, 1.165) is 0 Å². The van der Waals surface area contributed by atoms with E-state index in [-0.39, 0.29) is 30.7 Å². The van der Waals surface area contributed by atoms with Gasteiger partial charge in [-0.3, -0.25) is 4.79 Å². The molecule has 1 aromatic carbocycles. The van der Waals surface area contributed by atoms with E-state index < -0.39 is 17.5 Å². The molecule has 1 fully saturated rings. The van der Waals surface area contributed by atoms with Gasteiger partial charge in [-0.05, 0) is 46.8 Å². The number of Topliss-reactive ketones (excluding diaryl/α,β-unsaturated/α-hetero) is 1. The minimum Gasteiger partial charge on any atom is -0.294 e. The highest BCUT2D eigenvalue weighted by Gasteiger charge is 2.37. The molecule has 1 atom stereocenters. The number of benzene rings is 1. The average molecular weight is 335 g/mol. The third kappa shape index (κ3) is 3.59. The van der Waals surface area contributed by atoms with E-state index in [4.69, 9.17) is 0 Å². The zero-order chi connectivity index (χ0) is 14.0. The summed E-state index contributed by atoms with van der Waals surface area (Å²) < 4.78 is 40.5. The third-order valence-electron chi connectivity index (χ3n) is 3.46. The molecule has 0 aromatic heterocycles. The minimum atomic E-state index is -2.68. The number of carbonyl (C=O) groups is 1. The normalized spacial score (nSPS) is 22.2. The van der Waals surface area contributed by atoms with E-state index >= 15 is 0 Å². The van der Waals surface area contributed by atoms with Crippen LogP contribution >= 0.6 is 15.9 Å². The van der Waals surface area contributed by atoms with Crippen LogP contribution in [0.25, 0.3) is 0 Å². The second-order valence-electron chi connectivity index (χ2n) is 5.04. The molecule has 1 aliphatic rings. The van der Waals surface area contributed by atoms with Gasteiger partial charge in [-0.25, -0.2) is 13.2 Å². The summed E-state index contributed by atoms with van der Waals surface area (Å²) in [6.07, 6.45) is 0.623. The predicted octanol–water partition coefficient (Wildman–Crippen LogP) is 4.99. The first-order chi connectivity index (χ1) is 8.89. The van der Waals surface area contributed by atoms with Gasteiger partial charge in [-0.2, -0.15) is 0 Å². The SMILES string of the molecule is O=C(CC1CCCC(F)(F)C1)c1c(F)cccc1Br. The first-order valence-electron chi connectivity index (χ1n) is 6.24. The molecule has 1 aromatic rings. The smallest absolute Gasteiger partial charge is 0.248 e. The highest BCUT2D eigenvalue weighted by Crippen LogP contribution is 2.38. The van der Waals surface area contributed by atoms with Crippen LogP contribution in [0, 0.1) is 11.7 Å². The maximum atomic E-state index is 13.6. The second-order valence-corrected chi connectivity index (χ2v) is 5.90. The van der Waals surface area contributed by atoms with Gasteiger partial charge in [0.2, 0.25) is 5.92 Å². The summed E-state index contributed by atoms with van der Waals surface area (Å²) >= 11 is 3.13. The lowest BCUT2D eigenvalue weighted by atomic mass is 9.82. The van der Waals surface area contributed by atoms with E-state index in [2.05, 4.69) is 15.9 Å². The lowest BCUT2D eigenvalue weighted by molar-refractivity contribution is -0.0521. The number of hydrogen-bond donors (Lipinski definition) is 0. The summed E-state index contributed by atoms with van der Waals surface area (Å²) in [5.74, 6) is -4.06. The Labute approximate surface area is 118 Å². The fourth-order valence-corrected chi connectivity index (χ4v) is 3.14. The van der Waals surface area contributed by atoms with Crippen LogP contribution in [0.5, 0.6) is 0 Å². The molecule has 0 saturated heterocycles. The molecule has 0 bridgehead atoms. The van der Waals surface area contributed by atoms with Crippen LogP contribution < -0.4 is 0 Å². The quantitative estimate of drug-likeness (QED) is 0.712. The molecule has 2 rings (SSSR count). The first-order valence-corrected chi connectivity index (χ1v) is 7.03. The van der Waals surface area contributed by atoms with Gasteiger partial charge in [0.15, 0.2) is 5.78 Å². The summed E-state index contributed by atoms with van der Waals surface area (Å²) in [6.45, 7) is 0. The van der Waals surface area contributed by atoms with Crippen molar-refractivity contribution < 1.29 is 18.0 Å². The standard InChI is InChI=1S/C14H14BrF3O/c15-10-4-1-5-11(16)13(10)12(19)7-9-3-2-6-14(17,18)8-9/h1,4-5,9H,2-3,6-8H2. The van der Waals surface area contributed by atoms with Gasteiger partial charge in [-0.1, -0.05) is 6.07 Å². The Bertz CT molecular complexity index is 467. The number of ketones is 1. The van der Waals surface area contributed by atoms with Crippen molar-refractivity contribution in [2.75, 3.05) is 0 Å². The Morgan fingerprint density at radius 3 is 2.79 bits per heavy atom. The molecule has 0 amide bonds. The molecule has 5 heteroatoms. The highest BCUT2D eigenvalue weighted by molar-refractivity contribution is 9.10. The Hall–Kier alpha value is -0.840. The van der Waals surface area contributed by atoms with Crippen molar-refractivity contribution in [3.05, 3.63) is 34.1 Å². The van der Waals surface area contributed by atoms with Gasteiger partial charge < -0.3 is 0 Å². The number of carbonyl (C=O) groups excluding carboxylic acids is 1. The van der Waals surface area contributed by atoms with Crippen molar-refractivity contribution in [3.63, 3.8) is 0 Å². The van der Waals surface area contributed by atoms with E-state index in [1.54, 1.807) is 6.07 Å². The third-order valence-corrected chi connectivity index (χ3v) is 4.12. The zero-order valence-electron chi connectivity index (χ0n) is 10.3. The molecule has 0 aliphatic heterocycles. The molecular weight excluding hydrogens is 321 g/mol. The molecule has 1 unspecified atom stereocenters. The van der Waals surface area contributed by atoms with Gasteiger partial charge in [0.05, 0.1) is 5.56 Å². The van der Waals surface area contributed by atoms with Gasteiger partial charge in [0.1, 0.15) is 5.82 Å².